The fraction of sp³-hybridized carbons (Fsp3) is 0.455. The summed E-state index contributed by atoms with van der Waals surface area (Å²) >= 11 is 0. The molecule has 0 amide bonds. The third-order valence-electron chi connectivity index (χ3n) is 4.98. The molecule has 0 spiro atoms. The Morgan fingerprint density at radius 1 is 1.12 bits per heavy atom. The van der Waals surface area contributed by atoms with Gasteiger partial charge in [-0.2, -0.15) is 0 Å². The zero-order chi connectivity index (χ0) is 17.5. The monoisotopic (exact) mass is 339 g/mol. The zero-order valence-corrected chi connectivity index (χ0v) is 15.0. The molecule has 2 aromatic carbocycles. The summed E-state index contributed by atoms with van der Waals surface area (Å²) in [6, 6.07) is 18.7. The van der Waals surface area contributed by atoms with Crippen LogP contribution >= 0.6 is 0 Å². The highest BCUT2D eigenvalue weighted by Crippen LogP contribution is 2.28. The van der Waals surface area contributed by atoms with Gasteiger partial charge in [-0.15, -0.1) is 0 Å². The van der Waals surface area contributed by atoms with Crippen LogP contribution in [0.25, 0.3) is 0 Å². The van der Waals surface area contributed by atoms with E-state index in [2.05, 4.69) is 24.4 Å². The van der Waals surface area contributed by atoms with Crippen molar-refractivity contribution in [1.29, 1.82) is 0 Å². The van der Waals surface area contributed by atoms with Gasteiger partial charge in [-0.25, -0.2) is 0 Å². The van der Waals surface area contributed by atoms with Crippen molar-refractivity contribution in [3.8, 4) is 5.75 Å². The van der Waals surface area contributed by atoms with E-state index in [4.69, 9.17) is 4.74 Å². The van der Waals surface area contributed by atoms with E-state index in [0.29, 0.717) is 12.6 Å². The number of hydrogen-bond acceptors (Lipinski definition) is 3. The van der Waals surface area contributed by atoms with Crippen molar-refractivity contribution in [2.45, 2.75) is 63.8 Å². The average molecular weight is 339 g/mol. The largest absolute Gasteiger partial charge is 0.489 e. The molecule has 0 aliphatic carbocycles. The first kappa shape index (κ1) is 18.0. The van der Waals surface area contributed by atoms with E-state index in [0.717, 1.165) is 23.3 Å². The fourth-order valence-corrected chi connectivity index (χ4v) is 3.64. The Labute approximate surface area is 151 Å². The molecule has 3 heteroatoms. The summed E-state index contributed by atoms with van der Waals surface area (Å²) in [7, 11) is 0. The van der Waals surface area contributed by atoms with Gasteiger partial charge in [0.05, 0.1) is 6.10 Å². The van der Waals surface area contributed by atoms with Crippen LogP contribution in [-0.4, -0.2) is 17.2 Å². The molecule has 3 rings (SSSR count). The number of hydrogen-bond donors (Lipinski definition) is 2. The highest BCUT2D eigenvalue weighted by atomic mass is 16.5. The van der Waals surface area contributed by atoms with Gasteiger partial charge in [0.25, 0.3) is 0 Å². The molecule has 1 heterocycles. The van der Waals surface area contributed by atoms with Crippen LogP contribution in [0.4, 0.5) is 0 Å². The van der Waals surface area contributed by atoms with E-state index in [1.165, 1.54) is 25.7 Å². The van der Waals surface area contributed by atoms with Gasteiger partial charge in [-0.1, -0.05) is 62.2 Å². The standard InChI is InChI=1S/C22H29NO2/c1-2-8-19-12-7-14-21(23-19)22(24)18-11-6-13-20(15-18)25-16-17-9-4-3-5-10-17/h3-6,9-11,13,15,19,21-24H,2,7-8,12,14,16H2,1H3/t19-,21+,22-/m0/s1. The van der Waals surface area contributed by atoms with Crippen molar-refractivity contribution in [1.82, 2.24) is 5.32 Å². The number of nitrogens with one attached hydrogen (secondary N) is 1. The van der Waals surface area contributed by atoms with Crippen molar-refractivity contribution >= 4 is 0 Å². The summed E-state index contributed by atoms with van der Waals surface area (Å²) in [4.78, 5) is 0. The summed E-state index contributed by atoms with van der Waals surface area (Å²) in [6.07, 6.45) is 5.31. The maximum atomic E-state index is 10.8. The predicted octanol–water partition coefficient (Wildman–Crippen LogP) is 4.61. The third-order valence-corrected chi connectivity index (χ3v) is 4.98. The van der Waals surface area contributed by atoms with Gasteiger partial charge >= 0.3 is 0 Å². The maximum Gasteiger partial charge on any atom is 0.120 e. The van der Waals surface area contributed by atoms with Gasteiger partial charge < -0.3 is 15.2 Å². The molecule has 1 saturated heterocycles. The lowest BCUT2D eigenvalue weighted by atomic mass is 9.90. The molecule has 0 radical (unpaired) electrons. The Morgan fingerprint density at radius 2 is 1.96 bits per heavy atom. The SMILES string of the molecule is CCC[C@H]1CCC[C@H]([C@@H](O)c2cccc(OCc3ccccc3)c2)N1. The number of rotatable bonds is 7. The molecule has 134 valence electrons. The minimum atomic E-state index is -0.486. The van der Waals surface area contributed by atoms with E-state index >= 15 is 0 Å². The summed E-state index contributed by atoms with van der Waals surface area (Å²) < 4.78 is 5.90. The molecule has 25 heavy (non-hydrogen) atoms. The Balaban J connectivity index is 1.62. The molecule has 0 bridgehead atoms. The predicted molar refractivity (Wildman–Crippen MR) is 102 cm³/mol. The number of aliphatic hydroxyl groups is 1. The lowest BCUT2D eigenvalue weighted by molar-refractivity contribution is 0.0995. The highest BCUT2D eigenvalue weighted by Gasteiger charge is 2.27. The van der Waals surface area contributed by atoms with E-state index < -0.39 is 6.10 Å². The van der Waals surface area contributed by atoms with E-state index in [1.54, 1.807) is 0 Å². The summed E-state index contributed by atoms with van der Waals surface area (Å²) in [5.41, 5.74) is 2.07. The van der Waals surface area contributed by atoms with Crippen LogP contribution in [0.15, 0.2) is 54.6 Å². The molecular weight excluding hydrogens is 310 g/mol. The van der Waals surface area contributed by atoms with Crippen LogP contribution in [-0.2, 0) is 6.61 Å². The summed E-state index contributed by atoms with van der Waals surface area (Å²) in [5.74, 6) is 0.807. The van der Waals surface area contributed by atoms with Gasteiger partial charge in [-0.05, 0) is 42.5 Å². The Hall–Kier alpha value is -1.84. The molecular formula is C22H29NO2. The molecule has 0 aromatic heterocycles. The number of ether oxygens (including phenoxy) is 1. The second kappa shape index (κ2) is 9.02. The second-order valence-electron chi connectivity index (χ2n) is 6.98. The van der Waals surface area contributed by atoms with E-state index in [-0.39, 0.29) is 6.04 Å². The van der Waals surface area contributed by atoms with Gasteiger partial charge in [0, 0.05) is 12.1 Å². The van der Waals surface area contributed by atoms with Crippen LogP contribution in [0.5, 0.6) is 5.75 Å². The minimum Gasteiger partial charge on any atom is -0.489 e. The average Bonchev–Trinajstić information content (AvgIpc) is 2.67. The minimum absolute atomic E-state index is 0.134. The molecule has 1 aliphatic heterocycles. The third kappa shape index (κ3) is 5.07. The first-order valence-corrected chi connectivity index (χ1v) is 9.47. The number of piperidine rings is 1. The van der Waals surface area contributed by atoms with Crippen molar-refractivity contribution in [3.63, 3.8) is 0 Å². The van der Waals surface area contributed by atoms with Crippen molar-refractivity contribution < 1.29 is 9.84 Å². The van der Waals surface area contributed by atoms with Crippen molar-refractivity contribution in [2.24, 2.45) is 0 Å². The normalized spacial score (nSPS) is 21.7. The van der Waals surface area contributed by atoms with Gasteiger partial charge in [0.1, 0.15) is 12.4 Å². The number of aliphatic hydroxyl groups excluding tert-OH is 1. The van der Waals surface area contributed by atoms with E-state index in [1.807, 2.05) is 42.5 Å². The molecule has 3 nitrogen and oxygen atoms in total. The summed E-state index contributed by atoms with van der Waals surface area (Å²) in [6.45, 7) is 2.76. The molecule has 1 fully saturated rings. The molecule has 3 atom stereocenters. The van der Waals surface area contributed by atoms with Crippen LogP contribution in [0, 0.1) is 0 Å². The smallest absolute Gasteiger partial charge is 0.120 e. The highest BCUT2D eigenvalue weighted by molar-refractivity contribution is 5.31. The van der Waals surface area contributed by atoms with E-state index in [9.17, 15) is 5.11 Å². The van der Waals surface area contributed by atoms with Gasteiger partial charge in [0.15, 0.2) is 0 Å². The van der Waals surface area contributed by atoms with Crippen LogP contribution in [0.1, 0.15) is 56.3 Å². The zero-order valence-electron chi connectivity index (χ0n) is 15.0. The Bertz CT molecular complexity index is 641. The molecule has 1 aliphatic rings. The van der Waals surface area contributed by atoms with Crippen molar-refractivity contribution in [2.75, 3.05) is 0 Å². The molecule has 2 N–H and O–H groups in total. The van der Waals surface area contributed by atoms with Gasteiger partial charge in [0.2, 0.25) is 0 Å². The fourth-order valence-electron chi connectivity index (χ4n) is 3.64. The van der Waals surface area contributed by atoms with Gasteiger partial charge in [-0.3, -0.25) is 0 Å². The Kier molecular flexibility index (Phi) is 6.48. The number of benzene rings is 2. The molecule has 0 unspecified atom stereocenters. The van der Waals surface area contributed by atoms with Crippen molar-refractivity contribution in [3.05, 3.63) is 65.7 Å². The van der Waals surface area contributed by atoms with Crippen LogP contribution in [0.2, 0.25) is 0 Å². The first-order valence-electron chi connectivity index (χ1n) is 9.47. The molecule has 2 aromatic rings. The quantitative estimate of drug-likeness (QED) is 0.774. The lowest BCUT2D eigenvalue weighted by Crippen LogP contribution is -2.45. The van der Waals surface area contributed by atoms with Crippen LogP contribution in [0.3, 0.4) is 0 Å². The second-order valence-corrected chi connectivity index (χ2v) is 6.98. The Morgan fingerprint density at radius 3 is 2.76 bits per heavy atom. The topological polar surface area (TPSA) is 41.5 Å². The first-order chi connectivity index (χ1) is 12.3. The summed E-state index contributed by atoms with van der Waals surface area (Å²) in [5, 5.41) is 14.5. The molecule has 0 saturated carbocycles. The van der Waals surface area contributed by atoms with Crippen LogP contribution < -0.4 is 10.1 Å². The maximum absolute atomic E-state index is 10.8. The lowest BCUT2D eigenvalue weighted by Gasteiger charge is -2.34.